The molecule has 2 rings (SSSR count). The minimum Gasteiger partial charge on any atom is -0.356 e. The first-order valence-corrected chi connectivity index (χ1v) is 8.64. The fourth-order valence-electron chi connectivity index (χ4n) is 4.01. The molecule has 0 aromatic carbocycles. The zero-order valence-electron chi connectivity index (χ0n) is 13.1. The van der Waals surface area contributed by atoms with Crippen molar-refractivity contribution < 1.29 is 4.79 Å². The number of nitrogens with one attached hydrogen (secondary N) is 1. The molecule has 0 bridgehead atoms. The third-order valence-corrected chi connectivity index (χ3v) is 5.41. The van der Waals surface area contributed by atoms with Gasteiger partial charge in [0, 0.05) is 13.0 Å². The van der Waals surface area contributed by atoms with Crippen molar-refractivity contribution in [3.8, 4) is 0 Å². The smallest absolute Gasteiger partial charge is 0.220 e. The van der Waals surface area contributed by atoms with Crippen molar-refractivity contribution in [3.63, 3.8) is 0 Å². The van der Waals surface area contributed by atoms with Crippen molar-refractivity contribution in [1.29, 1.82) is 0 Å². The second kappa shape index (κ2) is 8.02. The minimum absolute atomic E-state index is 0.277. The van der Waals surface area contributed by atoms with E-state index < -0.39 is 0 Å². The SMILES string of the molecule is CC1CCCC(CNC(=O)CC2CCC(CN)CC2)C1. The van der Waals surface area contributed by atoms with Crippen molar-refractivity contribution in [2.45, 2.75) is 64.7 Å². The Labute approximate surface area is 124 Å². The molecule has 2 atom stereocenters. The van der Waals surface area contributed by atoms with Crippen LogP contribution in [0.4, 0.5) is 0 Å². The van der Waals surface area contributed by atoms with E-state index in [0.717, 1.165) is 31.3 Å². The zero-order valence-corrected chi connectivity index (χ0v) is 13.1. The molecule has 20 heavy (non-hydrogen) atoms. The first kappa shape index (κ1) is 15.8. The van der Waals surface area contributed by atoms with E-state index in [1.165, 1.54) is 51.4 Å². The second-order valence-electron chi connectivity index (χ2n) is 7.27. The molecule has 2 unspecified atom stereocenters. The van der Waals surface area contributed by atoms with E-state index in [9.17, 15) is 4.79 Å². The summed E-state index contributed by atoms with van der Waals surface area (Å²) in [4.78, 5) is 12.1. The Bertz CT molecular complexity index is 297. The van der Waals surface area contributed by atoms with Gasteiger partial charge in [0.05, 0.1) is 0 Å². The van der Waals surface area contributed by atoms with Crippen LogP contribution in [0, 0.1) is 23.7 Å². The molecule has 0 saturated heterocycles. The van der Waals surface area contributed by atoms with Crippen molar-refractivity contribution in [3.05, 3.63) is 0 Å². The lowest BCUT2D eigenvalue weighted by Gasteiger charge is -2.28. The van der Waals surface area contributed by atoms with E-state index in [2.05, 4.69) is 12.2 Å². The van der Waals surface area contributed by atoms with Crippen LogP contribution >= 0.6 is 0 Å². The molecule has 3 heteroatoms. The highest BCUT2D eigenvalue weighted by Crippen LogP contribution is 2.30. The van der Waals surface area contributed by atoms with Crippen LogP contribution in [-0.2, 0) is 4.79 Å². The maximum absolute atomic E-state index is 12.1. The molecule has 2 aliphatic carbocycles. The van der Waals surface area contributed by atoms with Gasteiger partial charge in [0.25, 0.3) is 0 Å². The maximum Gasteiger partial charge on any atom is 0.220 e. The molecule has 3 nitrogen and oxygen atoms in total. The molecule has 1 amide bonds. The highest BCUT2D eigenvalue weighted by atomic mass is 16.1. The van der Waals surface area contributed by atoms with Gasteiger partial charge in [0.2, 0.25) is 5.91 Å². The third-order valence-electron chi connectivity index (χ3n) is 5.41. The van der Waals surface area contributed by atoms with E-state index in [0.29, 0.717) is 11.8 Å². The van der Waals surface area contributed by atoms with Gasteiger partial charge in [-0.3, -0.25) is 4.79 Å². The number of carbonyl (C=O) groups is 1. The van der Waals surface area contributed by atoms with E-state index in [1.54, 1.807) is 0 Å². The van der Waals surface area contributed by atoms with Crippen LogP contribution in [0.25, 0.3) is 0 Å². The Morgan fingerprint density at radius 1 is 1.05 bits per heavy atom. The molecule has 116 valence electrons. The fourth-order valence-corrected chi connectivity index (χ4v) is 4.01. The topological polar surface area (TPSA) is 55.1 Å². The van der Waals surface area contributed by atoms with Crippen LogP contribution in [0.1, 0.15) is 64.7 Å². The highest BCUT2D eigenvalue weighted by molar-refractivity contribution is 5.76. The third kappa shape index (κ3) is 5.08. The van der Waals surface area contributed by atoms with E-state index in [-0.39, 0.29) is 5.91 Å². The fraction of sp³-hybridized carbons (Fsp3) is 0.941. The largest absolute Gasteiger partial charge is 0.356 e. The van der Waals surface area contributed by atoms with Crippen LogP contribution < -0.4 is 11.1 Å². The van der Waals surface area contributed by atoms with Gasteiger partial charge in [-0.1, -0.05) is 19.8 Å². The molecule has 0 aromatic heterocycles. The maximum atomic E-state index is 12.1. The molecule has 3 N–H and O–H groups in total. The lowest BCUT2D eigenvalue weighted by atomic mass is 9.80. The summed E-state index contributed by atoms with van der Waals surface area (Å²) in [6.45, 7) is 4.06. The standard InChI is InChI=1S/C17H32N2O/c1-13-3-2-4-16(9-13)12-19-17(20)10-14-5-7-15(11-18)8-6-14/h13-16H,2-12,18H2,1H3,(H,19,20). The molecule has 2 saturated carbocycles. The molecular formula is C17H32N2O. The van der Waals surface area contributed by atoms with Crippen LogP contribution in [0.3, 0.4) is 0 Å². The van der Waals surface area contributed by atoms with Gasteiger partial charge in [0.15, 0.2) is 0 Å². The van der Waals surface area contributed by atoms with E-state index in [1.807, 2.05) is 0 Å². The number of rotatable bonds is 5. The van der Waals surface area contributed by atoms with Crippen LogP contribution in [0.2, 0.25) is 0 Å². The number of amides is 1. The number of hydrogen-bond donors (Lipinski definition) is 2. The molecule has 0 radical (unpaired) electrons. The van der Waals surface area contributed by atoms with Gasteiger partial charge >= 0.3 is 0 Å². The van der Waals surface area contributed by atoms with Crippen LogP contribution in [0.15, 0.2) is 0 Å². The van der Waals surface area contributed by atoms with Gasteiger partial charge < -0.3 is 11.1 Å². The van der Waals surface area contributed by atoms with Crippen molar-refractivity contribution in [2.75, 3.05) is 13.1 Å². The quantitative estimate of drug-likeness (QED) is 0.813. The summed E-state index contributed by atoms with van der Waals surface area (Å²) in [7, 11) is 0. The van der Waals surface area contributed by atoms with Crippen molar-refractivity contribution in [2.24, 2.45) is 29.4 Å². The predicted octanol–water partition coefficient (Wildman–Crippen LogP) is 3.08. The summed E-state index contributed by atoms with van der Waals surface area (Å²) in [6.07, 6.45) is 10.8. The Balaban J connectivity index is 1.60. The first-order valence-electron chi connectivity index (χ1n) is 8.64. The average Bonchev–Trinajstić information content (AvgIpc) is 2.46. The molecule has 0 aromatic rings. The van der Waals surface area contributed by atoms with Gasteiger partial charge in [-0.25, -0.2) is 0 Å². The Kier molecular flexibility index (Phi) is 6.34. The highest BCUT2D eigenvalue weighted by Gasteiger charge is 2.23. The summed E-state index contributed by atoms with van der Waals surface area (Å²) >= 11 is 0. The molecule has 0 heterocycles. The molecular weight excluding hydrogens is 248 g/mol. The van der Waals surface area contributed by atoms with E-state index in [4.69, 9.17) is 5.73 Å². The average molecular weight is 280 g/mol. The Morgan fingerprint density at radius 3 is 2.40 bits per heavy atom. The molecule has 2 aliphatic rings. The Morgan fingerprint density at radius 2 is 1.75 bits per heavy atom. The van der Waals surface area contributed by atoms with Gasteiger partial charge in [0.1, 0.15) is 0 Å². The van der Waals surface area contributed by atoms with Crippen molar-refractivity contribution >= 4 is 5.91 Å². The Hall–Kier alpha value is -0.570. The first-order chi connectivity index (χ1) is 9.67. The predicted molar refractivity (Wildman–Crippen MR) is 83.3 cm³/mol. The molecule has 2 fully saturated rings. The molecule has 0 spiro atoms. The summed E-state index contributed by atoms with van der Waals surface area (Å²) in [5.74, 6) is 3.15. The number of nitrogens with two attached hydrogens (primary N) is 1. The number of hydrogen-bond acceptors (Lipinski definition) is 2. The van der Waals surface area contributed by atoms with Crippen LogP contribution in [-0.4, -0.2) is 19.0 Å². The summed E-state index contributed by atoms with van der Waals surface area (Å²) in [6, 6.07) is 0. The summed E-state index contributed by atoms with van der Waals surface area (Å²) < 4.78 is 0. The monoisotopic (exact) mass is 280 g/mol. The van der Waals surface area contributed by atoms with Crippen LogP contribution in [0.5, 0.6) is 0 Å². The second-order valence-corrected chi connectivity index (χ2v) is 7.27. The molecule has 0 aliphatic heterocycles. The van der Waals surface area contributed by atoms with Gasteiger partial charge in [-0.05, 0) is 68.7 Å². The minimum atomic E-state index is 0.277. The normalized spacial score (nSPS) is 34.7. The summed E-state index contributed by atoms with van der Waals surface area (Å²) in [5.41, 5.74) is 5.71. The summed E-state index contributed by atoms with van der Waals surface area (Å²) in [5, 5.41) is 3.18. The number of carbonyl (C=O) groups excluding carboxylic acids is 1. The van der Waals surface area contributed by atoms with Gasteiger partial charge in [-0.2, -0.15) is 0 Å². The lowest BCUT2D eigenvalue weighted by Crippen LogP contribution is -2.33. The van der Waals surface area contributed by atoms with Gasteiger partial charge in [-0.15, -0.1) is 0 Å². The van der Waals surface area contributed by atoms with E-state index >= 15 is 0 Å². The zero-order chi connectivity index (χ0) is 14.4. The lowest BCUT2D eigenvalue weighted by molar-refractivity contribution is -0.122. The van der Waals surface area contributed by atoms with Crippen molar-refractivity contribution in [1.82, 2.24) is 5.32 Å².